The van der Waals surface area contributed by atoms with Gasteiger partial charge in [-0.3, -0.25) is 4.79 Å². The van der Waals surface area contributed by atoms with Gasteiger partial charge in [-0.1, -0.05) is 0 Å². The van der Waals surface area contributed by atoms with Crippen LogP contribution in [0.5, 0.6) is 5.75 Å². The fourth-order valence-electron chi connectivity index (χ4n) is 1.59. The number of hydrogen-bond donors (Lipinski definition) is 3. The molecule has 2 rings (SSSR count). The van der Waals surface area contributed by atoms with Crippen molar-refractivity contribution in [2.75, 3.05) is 17.9 Å². The number of ether oxygens (including phenoxy) is 1. The third-order valence-electron chi connectivity index (χ3n) is 2.66. The van der Waals surface area contributed by atoms with E-state index >= 15 is 0 Å². The predicted molar refractivity (Wildman–Crippen MR) is 88.4 cm³/mol. The quantitative estimate of drug-likeness (QED) is 0.527. The van der Waals surface area contributed by atoms with Crippen LogP contribution >= 0.6 is 31.9 Å². The van der Waals surface area contributed by atoms with E-state index in [4.69, 9.17) is 10.6 Å². The number of halogens is 2. The molecule has 2 aromatic rings. The summed E-state index contributed by atoms with van der Waals surface area (Å²) in [7, 11) is 1.56. The topological polar surface area (TPSA) is 89.3 Å². The molecule has 0 saturated heterocycles. The van der Waals surface area contributed by atoms with Crippen molar-refractivity contribution in [3.05, 3.63) is 45.0 Å². The van der Waals surface area contributed by atoms with Gasteiger partial charge in [0.05, 0.1) is 22.8 Å². The third kappa shape index (κ3) is 3.72. The summed E-state index contributed by atoms with van der Waals surface area (Å²) in [5, 5.41) is 2.79. The zero-order chi connectivity index (χ0) is 15.4. The number of nitrogens with one attached hydrogen (secondary N) is 2. The van der Waals surface area contributed by atoms with Gasteiger partial charge in [0.25, 0.3) is 5.91 Å². The van der Waals surface area contributed by atoms with Crippen LogP contribution < -0.4 is 21.3 Å². The second-order valence-electron chi connectivity index (χ2n) is 4.00. The second kappa shape index (κ2) is 6.88. The number of nitrogen functional groups attached to an aromatic ring is 1. The lowest BCUT2D eigenvalue weighted by Crippen LogP contribution is -2.14. The average molecular weight is 416 g/mol. The fraction of sp³-hybridized carbons (Fsp3) is 0.0769. The minimum atomic E-state index is -0.281. The number of amides is 1. The van der Waals surface area contributed by atoms with E-state index in [-0.39, 0.29) is 5.91 Å². The van der Waals surface area contributed by atoms with E-state index in [1.807, 2.05) is 0 Å². The number of hydrogen-bond acceptors (Lipinski definition) is 5. The number of aromatic nitrogens is 1. The molecule has 1 heterocycles. The molecule has 8 heteroatoms. The Labute approximate surface area is 138 Å². The van der Waals surface area contributed by atoms with Crippen molar-refractivity contribution in [3.8, 4) is 5.75 Å². The van der Waals surface area contributed by atoms with Gasteiger partial charge >= 0.3 is 0 Å². The average Bonchev–Trinajstić information content (AvgIpc) is 2.50. The number of carbonyl (C=O) groups is 1. The number of nitrogens with two attached hydrogens (primary N) is 1. The maximum Gasteiger partial charge on any atom is 0.257 e. The smallest absolute Gasteiger partial charge is 0.257 e. The molecule has 21 heavy (non-hydrogen) atoms. The molecule has 1 amide bonds. The van der Waals surface area contributed by atoms with Crippen molar-refractivity contribution >= 4 is 49.3 Å². The molecule has 0 aliphatic rings. The number of anilines is 2. The fourth-order valence-corrected chi connectivity index (χ4v) is 2.84. The molecule has 1 aromatic heterocycles. The molecule has 4 N–H and O–H groups in total. The molecule has 0 atom stereocenters. The highest BCUT2D eigenvalue weighted by molar-refractivity contribution is 9.11. The van der Waals surface area contributed by atoms with Crippen LogP contribution in [-0.4, -0.2) is 18.0 Å². The lowest BCUT2D eigenvalue weighted by Gasteiger charge is -2.11. The van der Waals surface area contributed by atoms with E-state index in [9.17, 15) is 4.79 Å². The Kier molecular flexibility index (Phi) is 5.16. The van der Waals surface area contributed by atoms with Gasteiger partial charge in [-0.25, -0.2) is 10.8 Å². The molecule has 1 aromatic carbocycles. The summed E-state index contributed by atoms with van der Waals surface area (Å²) < 4.78 is 6.72. The van der Waals surface area contributed by atoms with Gasteiger partial charge in [0.2, 0.25) is 0 Å². The van der Waals surface area contributed by atoms with Crippen LogP contribution in [0.15, 0.2) is 39.4 Å². The van der Waals surface area contributed by atoms with E-state index in [0.717, 1.165) is 8.95 Å². The number of hydrazine groups is 1. The first-order valence-electron chi connectivity index (χ1n) is 5.82. The Morgan fingerprint density at radius 2 is 2.05 bits per heavy atom. The summed E-state index contributed by atoms with van der Waals surface area (Å²) in [5.74, 6) is 6.05. The van der Waals surface area contributed by atoms with Crippen LogP contribution in [0.4, 0.5) is 11.5 Å². The highest BCUT2D eigenvalue weighted by Gasteiger charge is 2.12. The van der Waals surface area contributed by atoms with Crippen LogP contribution in [0.2, 0.25) is 0 Å². The Morgan fingerprint density at radius 1 is 1.29 bits per heavy atom. The summed E-state index contributed by atoms with van der Waals surface area (Å²) in [6.07, 6.45) is 1.44. The first-order chi connectivity index (χ1) is 10.0. The third-order valence-corrected chi connectivity index (χ3v) is 3.94. The second-order valence-corrected chi connectivity index (χ2v) is 5.71. The molecule has 0 aliphatic carbocycles. The number of nitrogens with zero attached hydrogens (tertiary/aromatic N) is 1. The molecule has 6 nitrogen and oxygen atoms in total. The summed E-state index contributed by atoms with van der Waals surface area (Å²) in [4.78, 5) is 16.2. The molecule has 0 fully saturated rings. The van der Waals surface area contributed by atoms with Gasteiger partial charge < -0.3 is 15.5 Å². The van der Waals surface area contributed by atoms with E-state index < -0.39 is 0 Å². The summed E-state index contributed by atoms with van der Waals surface area (Å²) in [6, 6.07) is 6.76. The summed E-state index contributed by atoms with van der Waals surface area (Å²) in [6.45, 7) is 0. The molecule has 110 valence electrons. The van der Waals surface area contributed by atoms with Crippen LogP contribution in [0, 0.1) is 0 Å². The molecular weight excluding hydrogens is 404 g/mol. The van der Waals surface area contributed by atoms with Gasteiger partial charge in [0.15, 0.2) is 0 Å². The van der Waals surface area contributed by atoms with E-state index in [0.29, 0.717) is 22.8 Å². The van der Waals surface area contributed by atoms with Gasteiger partial charge in [-0.15, -0.1) is 0 Å². The highest BCUT2D eigenvalue weighted by Crippen LogP contribution is 2.34. The first kappa shape index (κ1) is 15.7. The Bertz CT molecular complexity index is 662. The Hall–Kier alpha value is -1.64. The van der Waals surface area contributed by atoms with Crippen molar-refractivity contribution < 1.29 is 9.53 Å². The van der Waals surface area contributed by atoms with Crippen molar-refractivity contribution in [1.82, 2.24) is 4.98 Å². The normalized spacial score (nSPS) is 10.1. The molecule has 0 aliphatic heterocycles. The zero-order valence-electron chi connectivity index (χ0n) is 11.0. The number of pyridine rings is 1. The largest absolute Gasteiger partial charge is 0.495 e. The minimum Gasteiger partial charge on any atom is -0.495 e. The maximum atomic E-state index is 12.2. The van der Waals surface area contributed by atoms with E-state index in [2.05, 4.69) is 47.6 Å². The summed E-state index contributed by atoms with van der Waals surface area (Å²) in [5.41, 5.74) is 3.42. The predicted octanol–water partition coefficient (Wildman–Crippen LogP) is 3.15. The standard InChI is InChI=1S/C13H12Br2N4O2/c1-21-11-5-10(8(14)4-9(11)15)18-13(20)7-2-3-12(19-16)17-6-7/h2-6H,16H2,1H3,(H,17,19)(H,18,20). The van der Waals surface area contributed by atoms with Crippen molar-refractivity contribution in [2.45, 2.75) is 0 Å². The molecule has 0 saturated carbocycles. The van der Waals surface area contributed by atoms with Gasteiger partial charge in [-0.05, 0) is 50.1 Å². The van der Waals surface area contributed by atoms with Crippen LogP contribution in [0.3, 0.4) is 0 Å². The van der Waals surface area contributed by atoms with Crippen molar-refractivity contribution in [3.63, 3.8) is 0 Å². The summed E-state index contributed by atoms with van der Waals surface area (Å²) >= 11 is 6.76. The lowest BCUT2D eigenvalue weighted by molar-refractivity contribution is 0.102. The molecule has 0 bridgehead atoms. The molecule has 0 spiro atoms. The van der Waals surface area contributed by atoms with E-state index in [1.54, 1.807) is 31.4 Å². The Morgan fingerprint density at radius 3 is 2.62 bits per heavy atom. The molecule has 0 radical (unpaired) electrons. The monoisotopic (exact) mass is 414 g/mol. The minimum absolute atomic E-state index is 0.281. The molecular formula is C13H12Br2N4O2. The number of benzene rings is 1. The molecule has 0 unspecified atom stereocenters. The van der Waals surface area contributed by atoms with Crippen molar-refractivity contribution in [2.24, 2.45) is 5.84 Å². The first-order valence-corrected chi connectivity index (χ1v) is 7.40. The maximum absolute atomic E-state index is 12.2. The van der Waals surface area contributed by atoms with Gasteiger partial charge in [0, 0.05) is 16.7 Å². The Balaban J connectivity index is 2.22. The van der Waals surface area contributed by atoms with Crippen LogP contribution in [-0.2, 0) is 0 Å². The highest BCUT2D eigenvalue weighted by atomic mass is 79.9. The van der Waals surface area contributed by atoms with Crippen molar-refractivity contribution in [1.29, 1.82) is 0 Å². The van der Waals surface area contributed by atoms with Crippen LogP contribution in [0.1, 0.15) is 10.4 Å². The van der Waals surface area contributed by atoms with Crippen LogP contribution in [0.25, 0.3) is 0 Å². The lowest BCUT2D eigenvalue weighted by atomic mass is 10.2. The van der Waals surface area contributed by atoms with Gasteiger partial charge in [0.1, 0.15) is 11.6 Å². The number of carbonyl (C=O) groups excluding carboxylic acids is 1. The SMILES string of the molecule is COc1cc(NC(=O)c2ccc(NN)nc2)c(Br)cc1Br. The number of methoxy groups -OCH3 is 1. The number of rotatable bonds is 4. The zero-order valence-corrected chi connectivity index (χ0v) is 14.2. The van der Waals surface area contributed by atoms with E-state index in [1.165, 1.54) is 6.20 Å². The van der Waals surface area contributed by atoms with Gasteiger partial charge in [-0.2, -0.15) is 0 Å².